The van der Waals surface area contributed by atoms with Crippen LogP contribution in [-0.2, 0) is 0 Å². The number of rotatable bonds is 3. The van der Waals surface area contributed by atoms with Gasteiger partial charge in [0.1, 0.15) is 0 Å². The second-order valence-corrected chi connectivity index (χ2v) is 3.70. The summed E-state index contributed by atoms with van der Waals surface area (Å²) in [4.78, 5) is 2.50. The largest absolute Gasteiger partial charge is 0.310 e. The van der Waals surface area contributed by atoms with Crippen LogP contribution in [0.2, 0.25) is 0 Å². The van der Waals surface area contributed by atoms with Crippen molar-refractivity contribution >= 4 is 0 Å². The normalized spacial score (nSPS) is 26.7. The highest BCUT2D eigenvalue weighted by atomic mass is 15.2. The van der Waals surface area contributed by atoms with Crippen LogP contribution in [0.5, 0.6) is 0 Å². The molecular weight excluding hydrogens is 136 g/mol. The third-order valence-electron chi connectivity index (χ3n) is 2.29. The number of nitrogens with zero attached hydrogens (tertiary/aromatic N) is 1. The lowest BCUT2D eigenvalue weighted by Crippen LogP contribution is -2.36. The molecule has 0 spiro atoms. The first-order valence-corrected chi connectivity index (χ1v) is 4.70. The Hall–Kier alpha value is -0.0800. The maximum absolute atomic E-state index is 3.56. The van der Waals surface area contributed by atoms with E-state index in [0.717, 1.165) is 6.04 Å². The Morgan fingerprint density at radius 1 is 1.55 bits per heavy atom. The van der Waals surface area contributed by atoms with Crippen LogP contribution in [0.1, 0.15) is 27.2 Å². The minimum absolute atomic E-state index is 0.636. The van der Waals surface area contributed by atoms with Crippen LogP contribution in [0.3, 0.4) is 0 Å². The Bertz CT molecular complexity index is 112. The van der Waals surface area contributed by atoms with E-state index in [4.69, 9.17) is 0 Å². The van der Waals surface area contributed by atoms with Gasteiger partial charge in [0, 0.05) is 18.6 Å². The molecule has 0 aromatic carbocycles. The van der Waals surface area contributed by atoms with E-state index in [-0.39, 0.29) is 0 Å². The van der Waals surface area contributed by atoms with E-state index in [2.05, 4.69) is 31.0 Å². The molecule has 2 heteroatoms. The fourth-order valence-corrected chi connectivity index (χ4v) is 1.73. The van der Waals surface area contributed by atoms with Crippen molar-refractivity contribution in [3.63, 3.8) is 0 Å². The van der Waals surface area contributed by atoms with Gasteiger partial charge in [-0.3, -0.25) is 0 Å². The van der Waals surface area contributed by atoms with Gasteiger partial charge in [0.15, 0.2) is 0 Å². The monoisotopic (exact) mass is 156 g/mol. The van der Waals surface area contributed by atoms with Crippen molar-refractivity contribution in [2.75, 3.05) is 19.6 Å². The van der Waals surface area contributed by atoms with Gasteiger partial charge in [-0.25, -0.2) is 0 Å². The van der Waals surface area contributed by atoms with E-state index < -0.39 is 0 Å². The molecule has 1 aliphatic rings. The van der Waals surface area contributed by atoms with Crippen molar-refractivity contribution in [2.24, 2.45) is 0 Å². The third kappa shape index (κ3) is 2.80. The second-order valence-electron chi connectivity index (χ2n) is 3.70. The summed E-state index contributed by atoms with van der Waals surface area (Å²) in [5.41, 5.74) is 0. The lowest BCUT2D eigenvalue weighted by atomic mass is 10.2. The molecule has 0 saturated carbocycles. The van der Waals surface area contributed by atoms with E-state index in [1.807, 2.05) is 0 Å². The third-order valence-corrected chi connectivity index (χ3v) is 2.29. The molecule has 2 nitrogen and oxygen atoms in total. The SMILES string of the molecule is CCN1CC[C@H](NC(C)C)C1. The summed E-state index contributed by atoms with van der Waals surface area (Å²) in [5.74, 6) is 0. The van der Waals surface area contributed by atoms with Crippen LogP contribution in [-0.4, -0.2) is 36.6 Å². The standard InChI is InChI=1S/C9H20N2/c1-4-11-6-5-9(7-11)10-8(2)3/h8-10H,4-7H2,1-3H3/t9-/m0/s1. The lowest BCUT2D eigenvalue weighted by Gasteiger charge is -2.16. The Kier molecular flexibility index (Phi) is 3.34. The van der Waals surface area contributed by atoms with Gasteiger partial charge < -0.3 is 10.2 Å². The molecule has 1 rings (SSSR count). The molecule has 0 aliphatic carbocycles. The van der Waals surface area contributed by atoms with Crippen LogP contribution >= 0.6 is 0 Å². The highest BCUT2D eigenvalue weighted by molar-refractivity contribution is 4.81. The number of likely N-dealkylation sites (N-methyl/N-ethyl adjacent to an activating group) is 1. The van der Waals surface area contributed by atoms with Gasteiger partial charge in [-0.15, -0.1) is 0 Å². The van der Waals surface area contributed by atoms with E-state index in [1.165, 1.54) is 26.1 Å². The molecule has 0 bridgehead atoms. The second kappa shape index (κ2) is 4.07. The zero-order chi connectivity index (χ0) is 8.27. The van der Waals surface area contributed by atoms with Crippen LogP contribution < -0.4 is 5.32 Å². The highest BCUT2D eigenvalue weighted by Crippen LogP contribution is 2.08. The topological polar surface area (TPSA) is 15.3 Å². The van der Waals surface area contributed by atoms with Crippen LogP contribution in [0.15, 0.2) is 0 Å². The summed E-state index contributed by atoms with van der Waals surface area (Å²) in [5, 5.41) is 3.56. The van der Waals surface area contributed by atoms with Gasteiger partial charge in [-0.1, -0.05) is 20.8 Å². The molecule has 0 amide bonds. The van der Waals surface area contributed by atoms with E-state index in [9.17, 15) is 0 Å². The van der Waals surface area contributed by atoms with E-state index in [0.29, 0.717) is 6.04 Å². The first-order chi connectivity index (χ1) is 5.22. The van der Waals surface area contributed by atoms with Crippen molar-refractivity contribution in [3.05, 3.63) is 0 Å². The maximum Gasteiger partial charge on any atom is 0.0209 e. The predicted molar refractivity (Wildman–Crippen MR) is 48.8 cm³/mol. The molecule has 66 valence electrons. The average Bonchev–Trinajstić information content (AvgIpc) is 2.34. The van der Waals surface area contributed by atoms with Gasteiger partial charge in [-0.05, 0) is 19.5 Å². The molecule has 1 saturated heterocycles. The van der Waals surface area contributed by atoms with Gasteiger partial charge in [0.05, 0.1) is 0 Å². The first kappa shape index (κ1) is 9.01. The summed E-state index contributed by atoms with van der Waals surface area (Å²) < 4.78 is 0. The zero-order valence-electron chi connectivity index (χ0n) is 7.93. The minimum Gasteiger partial charge on any atom is -0.310 e. The fraction of sp³-hybridized carbons (Fsp3) is 1.00. The molecule has 0 unspecified atom stereocenters. The Morgan fingerprint density at radius 2 is 2.27 bits per heavy atom. The number of nitrogens with one attached hydrogen (secondary N) is 1. The summed E-state index contributed by atoms with van der Waals surface area (Å²) >= 11 is 0. The van der Waals surface area contributed by atoms with E-state index in [1.54, 1.807) is 0 Å². The lowest BCUT2D eigenvalue weighted by molar-refractivity contribution is 0.341. The van der Waals surface area contributed by atoms with Gasteiger partial charge in [0.2, 0.25) is 0 Å². The summed E-state index contributed by atoms with van der Waals surface area (Å²) in [6.45, 7) is 10.4. The fourth-order valence-electron chi connectivity index (χ4n) is 1.73. The maximum atomic E-state index is 3.56. The van der Waals surface area contributed by atoms with Crippen molar-refractivity contribution in [1.82, 2.24) is 10.2 Å². The van der Waals surface area contributed by atoms with Crippen LogP contribution in [0.25, 0.3) is 0 Å². The molecule has 1 aliphatic heterocycles. The van der Waals surface area contributed by atoms with Gasteiger partial charge in [0.25, 0.3) is 0 Å². The van der Waals surface area contributed by atoms with Crippen molar-refractivity contribution < 1.29 is 0 Å². The molecule has 1 fully saturated rings. The van der Waals surface area contributed by atoms with E-state index >= 15 is 0 Å². The number of hydrogen-bond acceptors (Lipinski definition) is 2. The summed E-state index contributed by atoms with van der Waals surface area (Å²) in [6, 6.07) is 1.38. The zero-order valence-corrected chi connectivity index (χ0v) is 7.93. The molecule has 1 atom stereocenters. The first-order valence-electron chi connectivity index (χ1n) is 4.70. The van der Waals surface area contributed by atoms with Crippen LogP contribution in [0.4, 0.5) is 0 Å². The quantitative estimate of drug-likeness (QED) is 0.658. The molecule has 11 heavy (non-hydrogen) atoms. The van der Waals surface area contributed by atoms with Crippen molar-refractivity contribution in [2.45, 2.75) is 39.3 Å². The Balaban J connectivity index is 2.19. The minimum atomic E-state index is 0.636. The molecule has 0 aromatic rings. The van der Waals surface area contributed by atoms with Gasteiger partial charge in [-0.2, -0.15) is 0 Å². The Morgan fingerprint density at radius 3 is 2.73 bits per heavy atom. The summed E-state index contributed by atoms with van der Waals surface area (Å²) in [7, 11) is 0. The van der Waals surface area contributed by atoms with Crippen LogP contribution in [0, 0.1) is 0 Å². The average molecular weight is 156 g/mol. The van der Waals surface area contributed by atoms with Gasteiger partial charge >= 0.3 is 0 Å². The highest BCUT2D eigenvalue weighted by Gasteiger charge is 2.20. The van der Waals surface area contributed by atoms with Crippen molar-refractivity contribution in [1.29, 1.82) is 0 Å². The number of hydrogen-bond donors (Lipinski definition) is 1. The molecule has 1 heterocycles. The molecular formula is C9H20N2. The molecule has 0 aromatic heterocycles. The predicted octanol–water partition coefficient (Wildman–Crippen LogP) is 1.08. The molecule has 0 radical (unpaired) electrons. The Labute approximate surface area is 70.0 Å². The van der Waals surface area contributed by atoms with Crippen molar-refractivity contribution in [3.8, 4) is 0 Å². The summed E-state index contributed by atoms with van der Waals surface area (Å²) in [6.07, 6.45) is 1.33. The molecule has 1 N–H and O–H groups in total. The smallest absolute Gasteiger partial charge is 0.0209 e. The number of likely N-dealkylation sites (tertiary alicyclic amines) is 1.